The van der Waals surface area contributed by atoms with Gasteiger partial charge in [0.05, 0.1) is 20.1 Å². The summed E-state index contributed by atoms with van der Waals surface area (Å²) >= 11 is 0. The number of carbonyl (C=O) groups excluding carboxylic acids is 2. The van der Waals surface area contributed by atoms with Gasteiger partial charge in [0, 0.05) is 25.2 Å². The molecule has 1 saturated heterocycles. The van der Waals surface area contributed by atoms with Crippen molar-refractivity contribution in [2.75, 3.05) is 39.9 Å². The molecule has 1 aromatic rings. The Kier molecular flexibility index (Phi) is 9.01. The lowest BCUT2D eigenvalue weighted by atomic mass is 10.1. The molecule has 1 aromatic carbocycles. The second-order valence-corrected chi connectivity index (χ2v) is 6.87. The molecule has 1 aliphatic rings. The molecule has 2 rings (SSSR count). The van der Waals surface area contributed by atoms with Gasteiger partial charge < -0.3 is 14.4 Å². The summed E-state index contributed by atoms with van der Waals surface area (Å²) in [6, 6.07) is 7.90. The Hall–Kier alpha value is -2.34. The summed E-state index contributed by atoms with van der Waals surface area (Å²) in [6.07, 6.45) is 5.81. The van der Waals surface area contributed by atoms with Crippen molar-refractivity contribution < 1.29 is 19.1 Å². The van der Waals surface area contributed by atoms with Crippen molar-refractivity contribution in [1.82, 2.24) is 9.80 Å². The number of likely N-dealkylation sites (tertiary alicyclic amines) is 1. The highest BCUT2D eigenvalue weighted by atomic mass is 16.5. The minimum atomic E-state index is -0.268. The van der Waals surface area contributed by atoms with E-state index in [4.69, 9.17) is 9.47 Å². The zero-order chi connectivity index (χ0) is 20.4. The van der Waals surface area contributed by atoms with Gasteiger partial charge in [0.1, 0.15) is 5.75 Å². The molecule has 0 aliphatic carbocycles. The van der Waals surface area contributed by atoms with Crippen molar-refractivity contribution in [3.8, 4) is 5.75 Å². The van der Waals surface area contributed by atoms with Gasteiger partial charge in [-0.15, -0.1) is 0 Å². The van der Waals surface area contributed by atoms with E-state index in [2.05, 4.69) is 11.8 Å². The molecule has 6 heteroatoms. The van der Waals surface area contributed by atoms with Crippen molar-refractivity contribution in [3.05, 3.63) is 35.9 Å². The molecule has 0 saturated carbocycles. The SMILES string of the molecule is CCOC(=O)CCN(CC1CCCN1CC)C(=O)/C=C/c1cccc(OC)c1. The van der Waals surface area contributed by atoms with Gasteiger partial charge in [-0.1, -0.05) is 19.1 Å². The Morgan fingerprint density at radius 3 is 2.86 bits per heavy atom. The topological polar surface area (TPSA) is 59.1 Å². The van der Waals surface area contributed by atoms with Crippen molar-refractivity contribution >= 4 is 18.0 Å². The Labute approximate surface area is 168 Å². The van der Waals surface area contributed by atoms with Crippen LogP contribution in [0.15, 0.2) is 30.3 Å². The largest absolute Gasteiger partial charge is 0.497 e. The summed E-state index contributed by atoms with van der Waals surface area (Å²) in [5.41, 5.74) is 0.897. The van der Waals surface area contributed by atoms with Gasteiger partial charge in [-0.05, 0) is 56.6 Å². The lowest BCUT2D eigenvalue weighted by Crippen LogP contribution is -2.43. The van der Waals surface area contributed by atoms with Crippen LogP contribution in [0.25, 0.3) is 6.08 Å². The number of methoxy groups -OCH3 is 1. The average molecular weight is 389 g/mol. The second-order valence-electron chi connectivity index (χ2n) is 6.87. The van der Waals surface area contributed by atoms with E-state index in [1.165, 1.54) is 0 Å². The van der Waals surface area contributed by atoms with Crippen molar-refractivity contribution in [3.63, 3.8) is 0 Å². The lowest BCUT2D eigenvalue weighted by Gasteiger charge is -2.29. The number of carbonyl (C=O) groups is 2. The van der Waals surface area contributed by atoms with E-state index in [1.54, 1.807) is 31.1 Å². The fraction of sp³-hybridized carbons (Fsp3) is 0.545. The Morgan fingerprint density at radius 1 is 1.32 bits per heavy atom. The average Bonchev–Trinajstić information content (AvgIpc) is 3.16. The molecule has 6 nitrogen and oxygen atoms in total. The highest BCUT2D eigenvalue weighted by Gasteiger charge is 2.26. The van der Waals surface area contributed by atoms with Crippen LogP contribution in [0, 0.1) is 0 Å². The van der Waals surface area contributed by atoms with E-state index < -0.39 is 0 Å². The van der Waals surface area contributed by atoms with Crippen LogP contribution in [0.4, 0.5) is 0 Å². The van der Waals surface area contributed by atoms with Crippen molar-refractivity contribution in [2.24, 2.45) is 0 Å². The molecule has 0 aromatic heterocycles. The number of hydrogen-bond donors (Lipinski definition) is 0. The van der Waals surface area contributed by atoms with E-state index in [0.29, 0.717) is 25.7 Å². The zero-order valence-electron chi connectivity index (χ0n) is 17.2. The Bertz CT molecular complexity index is 674. The Morgan fingerprint density at radius 2 is 2.14 bits per heavy atom. The second kappa shape index (κ2) is 11.5. The molecule has 1 aliphatic heterocycles. The molecule has 1 atom stereocenters. The first-order valence-electron chi connectivity index (χ1n) is 10.1. The lowest BCUT2D eigenvalue weighted by molar-refractivity contribution is -0.143. The molecule has 1 fully saturated rings. The van der Waals surface area contributed by atoms with E-state index >= 15 is 0 Å². The molecule has 28 heavy (non-hydrogen) atoms. The zero-order valence-corrected chi connectivity index (χ0v) is 17.2. The van der Waals surface area contributed by atoms with Crippen LogP contribution >= 0.6 is 0 Å². The number of ether oxygens (including phenoxy) is 2. The number of hydrogen-bond acceptors (Lipinski definition) is 5. The third kappa shape index (κ3) is 6.68. The van der Waals surface area contributed by atoms with Crippen LogP contribution in [-0.2, 0) is 14.3 Å². The van der Waals surface area contributed by atoms with Crippen LogP contribution in [0.3, 0.4) is 0 Å². The fourth-order valence-corrected chi connectivity index (χ4v) is 3.54. The predicted molar refractivity (Wildman–Crippen MR) is 110 cm³/mol. The van der Waals surface area contributed by atoms with E-state index in [9.17, 15) is 9.59 Å². The molecule has 0 N–H and O–H groups in total. The molecule has 0 bridgehead atoms. The maximum Gasteiger partial charge on any atom is 0.307 e. The number of esters is 1. The van der Waals surface area contributed by atoms with E-state index in [1.807, 2.05) is 24.3 Å². The number of likely N-dealkylation sites (N-methyl/N-ethyl adjacent to an activating group) is 1. The minimum absolute atomic E-state index is 0.0879. The summed E-state index contributed by atoms with van der Waals surface area (Å²) in [5, 5.41) is 0. The highest BCUT2D eigenvalue weighted by Crippen LogP contribution is 2.19. The van der Waals surface area contributed by atoms with E-state index in [-0.39, 0.29) is 18.3 Å². The third-order valence-corrected chi connectivity index (χ3v) is 5.05. The number of rotatable bonds is 10. The first-order chi connectivity index (χ1) is 13.6. The number of amides is 1. The first-order valence-corrected chi connectivity index (χ1v) is 10.1. The molecule has 1 amide bonds. The van der Waals surface area contributed by atoms with Gasteiger partial charge in [-0.25, -0.2) is 0 Å². The highest BCUT2D eigenvalue weighted by molar-refractivity contribution is 5.92. The molecular weight excluding hydrogens is 356 g/mol. The van der Waals surface area contributed by atoms with Crippen LogP contribution < -0.4 is 4.74 Å². The summed E-state index contributed by atoms with van der Waals surface area (Å²) in [6.45, 7) is 7.34. The summed E-state index contributed by atoms with van der Waals surface area (Å²) < 4.78 is 10.2. The number of nitrogens with zero attached hydrogens (tertiary/aromatic N) is 2. The van der Waals surface area contributed by atoms with Gasteiger partial charge in [-0.3, -0.25) is 14.5 Å². The molecule has 1 unspecified atom stereocenters. The summed E-state index contributed by atoms with van der Waals surface area (Å²) in [4.78, 5) is 28.8. The van der Waals surface area contributed by atoms with Gasteiger partial charge in [-0.2, -0.15) is 0 Å². The van der Waals surface area contributed by atoms with Gasteiger partial charge >= 0.3 is 5.97 Å². The standard InChI is InChI=1S/C22H32N2O4/c1-4-23-14-7-9-19(23)17-24(15-13-22(26)28-5-2)21(25)12-11-18-8-6-10-20(16-18)27-3/h6,8,10-12,16,19H,4-5,7,9,13-15,17H2,1-3H3/b12-11+. The maximum atomic E-state index is 12.9. The van der Waals surface area contributed by atoms with Crippen LogP contribution in [0.1, 0.15) is 38.7 Å². The monoisotopic (exact) mass is 388 g/mol. The van der Waals surface area contributed by atoms with Gasteiger partial charge in [0.25, 0.3) is 0 Å². The molecule has 0 radical (unpaired) electrons. The minimum Gasteiger partial charge on any atom is -0.497 e. The molecule has 0 spiro atoms. The summed E-state index contributed by atoms with van der Waals surface area (Å²) in [7, 11) is 1.62. The number of benzene rings is 1. The third-order valence-electron chi connectivity index (χ3n) is 5.05. The molecule has 154 valence electrons. The molecule has 1 heterocycles. The van der Waals surface area contributed by atoms with Gasteiger partial charge in [0.15, 0.2) is 0 Å². The normalized spacial score (nSPS) is 17.0. The fourth-order valence-electron chi connectivity index (χ4n) is 3.54. The maximum absolute atomic E-state index is 12.9. The van der Waals surface area contributed by atoms with Crippen LogP contribution in [-0.4, -0.2) is 67.6 Å². The quantitative estimate of drug-likeness (QED) is 0.456. The van der Waals surface area contributed by atoms with Crippen LogP contribution in [0.2, 0.25) is 0 Å². The van der Waals surface area contributed by atoms with Crippen LogP contribution in [0.5, 0.6) is 5.75 Å². The smallest absolute Gasteiger partial charge is 0.307 e. The molecular formula is C22H32N2O4. The van der Waals surface area contributed by atoms with Gasteiger partial charge in [0.2, 0.25) is 5.91 Å². The van der Waals surface area contributed by atoms with Crippen molar-refractivity contribution in [2.45, 2.75) is 39.2 Å². The van der Waals surface area contributed by atoms with Crippen molar-refractivity contribution in [1.29, 1.82) is 0 Å². The first kappa shape index (κ1) is 22.0. The Balaban J connectivity index is 2.05. The van der Waals surface area contributed by atoms with E-state index in [0.717, 1.165) is 37.2 Å². The summed E-state index contributed by atoms with van der Waals surface area (Å²) in [5.74, 6) is 0.393. The predicted octanol–water partition coefficient (Wildman–Crippen LogP) is 2.97.